The fourth-order valence-corrected chi connectivity index (χ4v) is 4.00. The monoisotopic (exact) mass is 219 g/mol. The lowest BCUT2D eigenvalue weighted by Crippen LogP contribution is -2.35. The minimum absolute atomic E-state index is 0.280. The van der Waals surface area contributed by atoms with Crippen LogP contribution in [0.3, 0.4) is 0 Å². The number of nitrogens with one attached hydrogen (secondary N) is 1. The van der Waals surface area contributed by atoms with Gasteiger partial charge in [0, 0.05) is 12.5 Å². The van der Waals surface area contributed by atoms with Gasteiger partial charge in [0.15, 0.2) is 0 Å². The molecule has 0 radical (unpaired) electrons. The second-order valence-electron chi connectivity index (χ2n) is 5.64. The van der Waals surface area contributed by atoms with Crippen LogP contribution >= 0.6 is 0 Å². The van der Waals surface area contributed by atoms with E-state index in [0.717, 1.165) is 24.8 Å². The van der Waals surface area contributed by atoms with E-state index < -0.39 is 0 Å². The predicted octanol–water partition coefficient (Wildman–Crippen LogP) is 2.51. The number of hydrogen-bond donors (Lipinski definition) is 1. The molecule has 0 bridgehead atoms. The number of amides is 1. The van der Waals surface area contributed by atoms with Crippen molar-refractivity contribution in [1.29, 1.82) is 0 Å². The first kappa shape index (κ1) is 10.4. The van der Waals surface area contributed by atoms with Crippen molar-refractivity contribution in [2.45, 2.75) is 38.5 Å². The van der Waals surface area contributed by atoms with Crippen molar-refractivity contribution in [1.82, 2.24) is 5.32 Å². The van der Waals surface area contributed by atoms with Crippen molar-refractivity contribution in [2.24, 2.45) is 23.7 Å². The van der Waals surface area contributed by atoms with Crippen LogP contribution in [0.1, 0.15) is 38.5 Å². The lowest BCUT2D eigenvalue weighted by Gasteiger charge is -2.40. The van der Waals surface area contributed by atoms with Crippen molar-refractivity contribution < 1.29 is 4.79 Å². The number of carbonyl (C=O) groups is 1. The van der Waals surface area contributed by atoms with E-state index >= 15 is 0 Å². The van der Waals surface area contributed by atoms with Crippen LogP contribution in [0.5, 0.6) is 0 Å². The van der Waals surface area contributed by atoms with Crippen LogP contribution in [-0.4, -0.2) is 12.5 Å². The Kier molecular flexibility index (Phi) is 2.74. The molecular formula is C14H21NO. The molecular weight excluding hydrogens is 198 g/mol. The number of carbonyl (C=O) groups excluding carboxylic acids is 1. The number of allylic oxidation sites excluding steroid dienone is 2. The maximum atomic E-state index is 11.8. The van der Waals surface area contributed by atoms with E-state index in [2.05, 4.69) is 17.5 Å². The molecule has 0 aromatic rings. The molecule has 1 amide bonds. The molecule has 1 saturated carbocycles. The largest absolute Gasteiger partial charge is 0.356 e. The Balaban J connectivity index is 1.80. The zero-order valence-electron chi connectivity index (χ0n) is 9.82. The SMILES string of the molecule is O=C1NCCC1C1C=CCC2CCCCC21. The van der Waals surface area contributed by atoms with Crippen LogP contribution in [-0.2, 0) is 4.79 Å². The molecule has 2 nitrogen and oxygen atoms in total. The van der Waals surface area contributed by atoms with Gasteiger partial charge >= 0.3 is 0 Å². The maximum Gasteiger partial charge on any atom is 0.223 e. The predicted molar refractivity (Wildman–Crippen MR) is 63.8 cm³/mol. The molecule has 1 saturated heterocycles. The molecule has 0 aromatic heterocycles. The summed E-state index contributed by atoms with van der Waals surface area (Å²) in [5.41, 5.74) is 0. The minimum atomic E-state index is 0.280. The van der Waals surface area contributed by atoms with Crippen molar-refractivity contribution in [2.75, 3.05) is 6.54 Å². The lowest BCUT2D eigenvalue weighted by atomic mass is 9.64. The summed E-state index contributed by atoms with van der Waals surface area (Å²) in [5.74, 6) is 2.80. The quantitative estimate of drug-likeness (QED) is 0.675. The second-order valence-corrected chi connectivity index (χ2v) is 5.64. The van der Waals surface area contributed by atoms with Gasteiger partial charge in [-0.1, -0.05) is 25.0 Å². The molecule has 1 aliphatic heterocycles. The fraction of sp³-hybridized carbons (Fsp3) is 0.786. The third-order valence-corrected chi connectivity index (χ3v) is 4.82. The average Bonchev–Trinajstić information content (AvgIpc) is 2.75. The molecule has 16 heavy (non-hydrogen) atoms. The van der Waals surface area contributed by atoms with Gasteiger partial charge in [-0.3, -0.25) is 4.79 Å². The van der Waals surface area contributed by atoms with Gasteiger partial charge < -0.3 is 5.32 Å². The van der Waals surface area contributed by atoms with Gasteiger partial charge in [0.05, 0.1) is 0 Å². The molecule has 2 fully saturated rings. The topological polar surface area (TPSA) is 29.1 Å². The van der Waals surface area contributed by atoms with Crippen LogP contribution in [0, 0.1) is 23.7 Å². The molecule has 1 N–H and O–H groups in total. The highest BCUT2D eigenvalue weighted by Gasteiger charge is 2.40. The summed E-state index contributed by atoms with van der Waals surface area (Å²) in [5, 5.41) is 2.99. The van der Waals surface area contributed by atoms with Crippen molar-refractivity contribution in [3.8, 4) is 0 Å². The van der Waals surface area contributed by atoms with E-state index in [9.17, 15) is 4.79 Å². The Labute approximate surface area is 97.5 Å². The summed E-state index contributed by atoms with van der Waals surface area (Å²) in [6, 6.07) is 0. The Hall–Kier alpha value is -0.790. The van der Waals surface area contributed by atoms with Crippen LogP contribution in [0.2, 0.25) is 0 Å². The van der Waals surface area contributed by atoms with E-state index in [1.165, 1.54) is 32.1 Å². The van der Waals surface area contributed by atoms with Gasteiger partial charge in [-0.15, -0.1) is 0 Å². The molecule has 1 heterocycles. The standard InChI is InChI=1S/C14H21NO/c16-14-13(8-9-15-14)12-7-3-5-10-4-1-2-6-11(10)12/h3,7,10-13H,1-2,4-6,8-9H2,(H,15,16). The molecule has 4 atom stereocenters. The smallest absolute Gasteiger partial charge is 0.223 e. The zero-order chi connectivity index (χ0) is 11.0. The fourth-order valence-electron chi connectivity index (χ4n) is 4.00. The third kappa shape index (κ3) is 1.68. The van der Waals surface area contributed by atoms with Gasteiger partial charge in [-0.25, -0.2) is 0 Å². The Morgan fingerprint density at radius 2 is 2.06 bits per heavy atom. The highest BCUT2D eigenvalue weighted by molar-refractivity contribution is 5.81. The summed E-state index contributed by atoms with van der Waals surface area (Å²) in [4.78, 5) is 11.8. The van der Waals surface area contributed by atoms with Crippen LogP contribution < -0.4 is 5.32 Å². The molecule has 3 rings (SSSR count). The molecule has 3 aliphatic rings. The first-order chi connectivity index (χ1) is 7.86. The van der Waals surface area contributed by atoms with E-state index in [0.29, 0.717) is 11.8 Å². The molecule has 0 spiro atoms. The first-order valence-electron chi connectivity index (χ1n) is 6.80. The summed E-state index contributed by atoms with van der Waals surface area (Å²) < 4.78 is 0. The Morgan fingerprint density at radius 1 is 1.19 bits per heavy atom. The van der Waals surface area contributed by atoms with E-state index in [-0.39, 0.29) is 5.92 Å². The molecule has 2 aliphatic carbocycles. The third-order valence-electron chi connectivity index (χ3n) is 4.82. The Morgan fingerprint density at radius 3 is 2.88 bits per heavy atom. The van der Waals surface area contributed by atoms with E-state index in [1.54, 1.807) is 0 Å². The second kappa shape index (κ2) is 4.23. The van der Waals surface area contributed by atoms with E-state index in [4.69, 9.17) is 0 Å². The van der Waals surface area contributed by atoms with Crippen LogP contribution in [0.25, 0.3) is 0 Å². The molecule has 0 aromatic carbocycles. The molecule has 2 heteroatoms. The van der Waals surface area contributed by atoms with Crippen molar-refractivity contribution >= 4 is 5.91 Å². The van der Waals surface area contributed by atoms with Gasteiger partial charge in [0.25, 0.3) is 0 Å². The van der Waals surface area contributed by atoms with Gasteiger partial charge in [-0.05, 0) is 43.4 Å². The molecule has 88 valence electrons. The summed E-state index contributed by atoms with van der Waals surface area (Å²) in [6.45, 7) is 0.894. The summed E-state index contributed by atoms with van der Waals surface area (Å²) >= 11 is 0. The highest BCUT2D eigenvalue weighted by Crippen LogP contribution is 2.44. The van der Waals surface area contributed by atoms with Crippen molar-refractivity contribution in [3.05, 3.63) is 12.2 Å². The van der Waals surface area contributed by atoms with Gasteiger partial charge in [0.1, 0.15) is 0 Å². The summed E-state index contributed by atoms with van der Waals surface area (Å²) in [6.07, 6.45) is 12.5. The number of rotatable bonds is 1. The van der Waals surface area contributed by atoms with Crippen molar-refractivity contribution in [3.63, 3.8) is 0 Å². The minimum Gasteiger partial charge on any atom is -0.356 e. The van der Waals surface area contributed by atoms with Gasteiger partial charge in [-0.2, -0.15) is 0 Å². The lowest BCUT2D eigenvalue weighted by molar-refractivity contribution is -0.124. The Bertz CT molecular complexity index is 310. The molecule has 4 unspecified atom stereocenters. The number of fused-ring (bicyclic) bond motifs is 1. The first-order valence-corrected chi connectivity index (χ1v) is 6.80. The zero-order valence-corrected chi connectivity index (χ0v) is 9.82. The van der Waals surface area contributed by atoms with Crippen LogP contribution in [0.4, 0.5) is 0 Å². The van der Waals surface area contributed by atoms with Gasteiger partial charge in [0.2, 0.25) is 5.91 Å². The normalized spacial score (nSPS) is 42.9. The van der Waals surface area contributed by atoms with Crippen LogP contribution in [0.15, 0.2) is 12.2 Å². The maximum absolute atomic E-state index is 11.8. The summed E-state index contributed by atoms with van der Waals surface area (Å²) in [7, 11) is 0. The average molecular weight is 219 g/mol. The van der Waals surface area contributed by atoms with E-state index in [1.807, 2.05) is 0 Å². The number of hydrogen-bond acceptors (Lipinski definition) is 1. The highest BCUT2D eigenvalue weighted by atomic mass is 16.2.